The van der Waals surface area contributed by atoms with Crippen LogP contribution in [-0.2, 0) is 6.42 Å². The van der Waals surface area contributed by atoms with Gasteiger partial charge in [-0.3, -0.25) is 0 Å². The highest BCUT2D eigenvalue weighted by atomic mass is 19.2. The molecule has 1 aromatic carbocycles. The van der Waals surface area contributed by atoms with Gasteiger partial charge in [0.25, 0.3) is 0 Å². The van der Waals surface area contributed by atoms with Gasteiger partial charge < -0.3 is 0 Å². The van der Waals surface area contributed by atoms with E-state index in [-0.39, 0.29) is 0 Å². The molecule has 0 bridgehead atoms. The van der Waals surface area contributed by atoms with Crippen LogP contribution in [0.5, 0.6) is 0 Å². The number of benzene rings is 1. The molecule has 1 unspecified atom stereocenters. The van der Waals surface area contributed by atoms with Crippen LogP contribution >= 0.6 is 0 Å². The van der Waals surface area contributed by atoms with Crippen molar-refractivity contribution in [1.29, 1.82) is 0 Å². The lowest BCUT2D eigenvalue weighted by Gasteiger charge is -2.40. The summed E-state index contributed by atoms with van der Waals surface area (Å²) in [6.07, 6.45) is 26.8. The number of unbranched alkanes of at least 4 members (excludes halogenated alkanes) is 2. The quantitative estimate of drug-likeness (QED) is 0.242. The molecule has 2 fully saturated rings. The average molecular weight is 483 g/mol. The molecular formula is C33H48F2. The van der Waals surface area contributed by atoms with Crippen molar-refractivity contribution in [2.45, 2.75) is 117 Å². The lowest BCUT2D eigenvalue weighted by atomic mass is 9.66. The van der Waals surface area contributed by atoms with Gasteiger partial charge in [0.15, 0.2) is 11.6 Å². The number of hydrogen-bond donors (Lipinski definition) is 0. The Bertz CT molecular complexity index is 850. The van der Waals surface area contributed by atoms with Crippen molar-refractivity contribution in [2.24, 2.45) is 29.6 Å². The molecule has 0 nitrogen and oxygen atoms in total. The van der Waals surface area contributed by atoms with E-state index >= 15 is 0 Å². The molecule has 0 N–H and O–H groups in total. The maximum atomic E-state index is 14.7. The first-order chi connectivity index (χ1) is 17.1. The lowest BCUT2D eigenvalue weighted by molar-refractivity contribution is 0.128. The maximum absolute atomic E-state index is 14.7. The van der Waals surface area contributed by atoms with Crippen LogP contribution in [0, 0.1) is 41.2 Å². The van der Waals surface area contributed by atoms with E-state index in [2.05, 4.69) is 25.2 Å². The van der Waals surface area contributed by atoms with Crippen LogP contribution in [0.3, 0.4) is 0 Å². The third-order valence-electron chi connectivity index (χ3n) is 9.58. The summed E-state index contributed by atoms with van der Waals surface area (Å²) in [5.41, 5.74) is 2.03. The van der Waals surface area contributed by atoms with Crippen molar-refractivity contribution in [3.8, 4) is 0 Å². The van der Waals surface area contributed by atoms with Crippen molar-refractivity contribution in [3.63, 3.8) is 0 Å². The van der Waals surface area contributed by atoms with E-state index in [1.807, 2.05) is 13.0 Å². The molecule has 0 spiro atoms. The molecule has 1 atom stereocenters. The predicted octanol–water partition coefficient (Wildman–Crippen LogP) is 10.5. The van der Waals surface area contributed by atoms with E-state index in [0.29, 0.717) is 17.5 Å². The Morgan fingerprint density at radius 3 is 2.03 bits per heavy atom. The van der Waals surface area contributed by atoms with E-state index in [0.717, 1.165) is 60.8 Å². The van der Waals surface area contributed by atoms with Gasteiger partial charge in [0.2, 0.25) is 0 Å². The smallest absolute Gasteiger partial charge is 0.166 e. The van der Waals surface area contributed by atoms with Gasteiger partial charge in [-0.25, -0.2) is 8.78 Å². The first-order valence-electron chi connectivity index (χ1n) is 14.9. The highest BCUT2D eigenvalue weighted by molar-refractivity contribution is 5.67. The highest BCUT2D eigenvalue weighted by Crippen LogP contribution is 2.46. The summed E-state index contributed by atoms with van der Waals surface area (Å²) >= 11 is 0. The predicted molar refractivity (Wildman–Crippen MR) is 145 cm³/mol. The minimum absolute atomic E-state index is 0.500. The molecule has 0 heterocycles. The van der Waals surface area contributed by atoms with Crippen LogP contribution in [0.4, 0.5) is 8.78 Å². The zero-order chi connectivity index (χ0) is 24.6. The van der Waals surface area contributed by atoms with Crippen LogP contribution in [0.15, 0.2) is 30.4 Å². The second-order valence-corrected chi connectivity index (χ2v) is 11.8. The molecule has 0 amide bonds. The van der Waals surface area contributed by atoms with E-state index in [9.17, 15) is 8.78 Å². The SMILES string of the molecule is CCCCC=CC1CCC(C2CCC(C3CC=C(c4ccc(CCC)c(F)c4F)CC3)CC2)CC1. The molecule has 2 saturated carbocycles. The Morgan fingerprint density at radius 2 is 1.43 bits per heavy atom. The molecule has 3 aliphatic rings. The number of hydrogen-bond acceptors (Lipinski definition) is 0. The summed E-state index contributed by atoms with van der Waals surface area (Å²) in [5.74, 6) is 3.04. The summed E-state index contributed by atoms with van der Waals surface area (Å²) in [4.78, 5) is 0. The van der Waals surface area contributed by atoms with Crippen LogP contribution in [0.2, 0.25) is 0 Å². The fourth-order valence-corrected chi connectivity index (χ4v) is 7.33. The zero-order valence-corrected chi connectivity index (χ0v) is 22.3. The molecule has 1 aromatic rings. The first kappa shape index (κ1) is 26.6. The number of allylic oxidation sites excluding steroid dienone is 4. The maximum Gasteiger partial charge on any atom is 0.166 e. The Balaban J connectivity index is 1.23. The monoisotopic (exact) mass is 482 g/mol. The summed E-state index contributed by atoms with van der Waals surface area (Å²) in [5, 5.41) is 0. The molecule has 3 aliphatic carbocycles. The molecule has 0 aliphatic heterocycles. The second-order valence-electron chi connectivity index (χ2n) is 11.8. The van der Waals surface area contributed by atoms with Gasteiger partial charge in [0.05, 0.1) is 0 Å². The van der Waals surface area contributed by atoms with Crippen molar-refractivity contribution in [3.05, 3.63) is 53.1 Å². The van der Waals surface area contributed by atoms with Gasteiger partial charge in [-0.15, -0.1) is 0 Å². The third-order valence-corrected chi connectivity index (χ3v) is 9.58. The molecule has 194 valence electrons. The topological polar surface area (TPSA) is 0 Å². The standard InChI is InChI=1S/C33H48F2/c1-3-5-6-7-9-24-10-12-25(13-11-24)26-14-16-27(17-15-26)28-18-20-29(21-19-28)31-23-22-30(8-4-2)32(34)33(31)35/h7,9,20,22-28H,3-6,8,10-19,21H2,1-2H3. The average Bonchev–Trinajstić information content (AvgIpc) is 2.90. The zero-order valence-electron chi connectivity index (χ0n) is 22.3. The largest absolute Gasteiger partial charge is 0.203 e. The van der Waals surface area contributed by atoms with Gasteiger partial charge >= 0.3 is 0 Å². The Hall–Kier alpha value is -1.44. The van der Waals surface area contributed by atoms with E-state index in [4.69, 9.17) is 0 Å². The van der Waals surface area contributed by atoms with E-state index in [1.54, 1.807) is 6.07 Å². The molecule has 2 heteroatoms. The van der Waals surface area contributed by atoms with Gasteiger partial charge in [-0.1, -0.05) is 63.5 Å². The van der Waals surface area contributed by atoms with Crippen LogP contribution in [-0.4, -0.2) is 0 Å². The van der Waals surface area contributed by atoms with Crippen LogP contribution < -0.4 is 0 Å². The minimum Gasteiger partial charge on any atom is -0.203 e. The highest BCUT2D eigenvalue weighted by Gasteiger charge is 2.33. The van der Waals surface area contributed by atoms with Crippen LogP contribution in [0.1, 0.15) is 121 Å². The molecule has 0 aromatic heterocycles. The normalized spacial score (nSPS) is 29.9. The number of aryl methyl sites for hydroxylation is 1. The van der Waals surface area contributed by atoms with Crippen molar-refractivity contribution in [2.75, 3.05) is 0 Å². The molecule has 4 rings (SSSR count). The molecule has 0 radical (unpaired) electrons. The fraction of sp³-hybridized carbons (Fsp3) is 0.697. The van der Waals surface area contributed by atoms with Crippen molar-refractivity contribution >= 4 is 5.57 Å². The van der Waals surface area contributed by atoms with E-state index < -0.39 is 11.6 Å². The number of halogens is 2. The second kappa shape index (κ2) is 13.2. The molecular weight excluding hydrogens is 434 g/mol. The van der Waals surface area contributed by atoms with Crippen molar-refractivity contribution < 1.29 is 8.78 Å². The fourth-order valence-electron chi connectivity index (χ4n) is 7.33. The van der Waals surface area contributed by atoms with Gasteiger partial charge in [-0.2, -0.15) is 0 Å². The minimum atomic E-state index is -0.632. The first-order valence-corrected chi connectivity index (χ1v) is 14.9. The Labute approximate surface area is 213 Å². The van der Waals surface area contributed by atoms with Crippen LogP contribution in [0.25, 0.3) is 5.57 Å². The lowest BCUT2D eigenvalue weighted by Crippen LogP contribution is -2.28. The summed E-state index contributed by atoms with van der Waals surface area (Å²) in [7, 11) is 0. The summed E-state index contributed by atoms with van der Waals surface area (Å²) < 4.78 is 29.2. The summed E-state index contributed by atoms with van der Waals surface area (Å²) in [6.45, 7) is 4.27. The van der Waals surface area contributed by atoms with Crippen molar-refractivity contribution in [1.82, 2.24) is 0 Å². The molecule has 0 saturated heterocycles. The summed E-state index contributed by atoms with van der Waals surface area (Å²) in [6, 6.07) is 3.61. The third kappa shape index (κ3) is 6.86. The van der Waals surface area contributed by atoms with Gasteiger partial charge in [0, 0.05) is 5.56 Å². The Kier molecular flexibility index (Phi) is 10.0. The van der Waals surface area contributed by atoms with Gasteiger partial charge in [0.1, 0.15) is 0 Å². The number of rotatable bonds is 9. The van der Waals surface area contributed by atoms with E-state index in [1.165, 1.54) is 70.6 Å². The van der Waals surface area contributed by atoms with Gasteiger partial charge in [-0.05, 0) is 124 Å². The Morgan fingerprint density at radius 1 is 0.771 bits per heavy atom. The molecule has 35 heavy (non-hydrogen) atoms.